The molecule has 0 saturated carbocycles. The SMILES string of the molecule is CCCCOCCCCCCCCCCBr. The first-order chi connectivity index (χ1) is 7.91. The van der Waals surface area contributed by atoms with E-state index in [1.165, 1.54) is 69.5 Å². The molecule has 0 aromatic heterocycles. The smallest absolute Gasteiger partial charge is 0.0466 e. The summed E-state index contributed by atoms with van der Waals surface area (Å²) >= 11 is 3.46. The zero-order chi connectivity index (χ0) is 11.9. The van der Waals surface area contributed by atoms with Crippen LogP contribution in [0.5, 0.6) is 0 Å². The molecule has 2 heteroatoms. The van der Waals surface area contributed by atoms with Crippen molar-refractivity contribution in [2.45, 2.75) is 71.1 Å². The van der Waals surface area contributed by atoms with E-state index in [0.717, 1.165) is 13.2 Å². The zero-order valence-corrected chi connectivity index (χ0v) is 12.6. The van der Waals surface area contributed by atoms with E-state index in [0.29, 0.717) is 0 Å². The third kappa shape index (κ3) is 14.4. The van der Waals surface area contributed by atoms with Gasteiger partial charge in [0.2, 0.25) is 0 Å². The van der Waals surface area contributed by atoms with Crippen LogP contribution in [0.1, 0.15) is 71.1 Å². The number of halogens is 1. The second kappa shape index (κ2) is 15.4. The van der Waals surface area contributed by atoms with Crippen molar-refractivity contribution in [2.75, 3.05) is 18.5 Å². The molecule has 0 radical (unpaired) electrons. The molecule has 0 aromatic carbocycles. The number of unbranched alkanes of at least 4 members (excludes halogenated alkanes) is 8. The molecule has 1 nitrogen and oxygen atoms in total. The topological polar surface area (TPSA) is 9.23 Å². The summed E-state index contributed by atoms with van der Waals surface area (Å²) in [6.07, 6.45) is 13.4. The molecule has 0 aliphatic rings. The maximum absolute atomic E-state index is 5.53. The van der Waals surface area contributed by atoms with Crippen molar-refractivity contribution in [1.29, 1.82) is 0 Å². The molecule has 0 aromatic rings. The maximum Gasteiger partial charge on any atom is 0.0466 e. The van der Waals surface area contributed by atoms with Crippen LogP contribution in [-0.4, -0.2) is 18.5 Å². The van der Waals surface area contributed by atoms with Gasteiger partial charge in [-0.15, -0.1) is 0 Å². The standard InChI is InChI=1S/C14H29BrO/c1-2-3-13-16-14-11-9-7-5-4-6-8-10-12-15/h2-14H2,1H3. The van der Waals surface area contributed by atoms with Crippen LogP contribution in [0.25, 0.3) is 0 Å². The molecule has 0 rings (SSSR count). The lowest BCUT2D eigenvalue weighted by Gasteiger charge is -2.03. The van der Waals surface area contributed by atoms with Gasteiger partial charge >= 0.3 is 0 Å². The lowest BCUT2D eigenvalue weighted by molar-refractivity contribution is 0.127. The number of rotatable bonds is 13. The van der Waals surface area contributed by atoms with Gasteiger partial charge in [0.25, 0.3) is 0 Å². The number of hydrogen-bond donors (Lipinski definition) is 0. The summed E-state index contributed by atoms with van der Waals surface area (Å²) in [5.74, 6) is 0. The van der Waals surface area contributed by atoms with Crippen molar-refractivity contribution >= 4 is 15.9 Å². The molecule has 0 atom stereocenters. The molecule has 0 unspecified atom stereocenters. The van der Waals surface area contributed by atoms with Gasteiger partial charge in [-0.05, 0) is 19.3 Å². The van der Waals surface area contributed by atoms with Crippen LogP contribution in [0, 0.1) is 0 Å². The van der Waals surface area contributed by atoms with Gasteiger partial charge in [0.15, 0.2) is 0 Å². The average molecular weight is 293 g/mol. The monoisotopic (exact) mass is 292 g/mol. The number of ether oxygens (including phenoxy) is 1. The highest BCUT2D eigenvalue weighted by molar-refractivity contribution is 9.09. The molecular weight excluding hydrogens is 264 g/mol. The molecule has 0 saturated heterocycles. The number of hydrogen-bond acceptors (Lipinski definition) is 1. The van der Waals surface area contributed by atoms with Crippen LogP contribution in [0.4, 0.5) is 0 Å². The van der Waals surface area contributed by atoms with Crippen LogP contribution >= 0.6 is 15.9 Å². The van der Waals surface area contributed by atoms with E-state index in [1.54, 1.807) is 0 Å². The summed E-state index contributed by atoms with van der Waals surface area (Å²) in [7, 11) is 0. The molecule has 0 fully saturated rings. The van der Waals surface area contributed by atoms with E-state index in [9.17, 15) is 0 Å². The predicted octanol–water partition coefficient (Wildman–Crippen LogP) is 5.32. The van der Waals surface area contributed by atoms with Gasteiger partial charge in [-0.1, -0.05) is 67.8 Å². The van der Waals surface area contributed by atoms with Crippen molar-refractivity contribution < 1.29 is 4.74 Å². The molecule has 0 N–H and O–H groups in total. The maximum atomic E-state index is 5.53. The second-order valence-electron chi connectivity index (χ2n) is 4.48. The van der Waals surface area contributed by atoms with Crippen LogP contribution in [-0.2, 0) is 4.74 Å². The largest absolute Gasteiger partial charge is 0.381 e. The Morgan fingerprint density at radius 1 is 0.688 bits per heavy atom. The van der Waals surface area contributed by atoms with Crippen molar-refractivity contribution in [3.8, 4) is 0 Å². The minimum atomic E-state index is 0.961. The van der Waals surface area contributed by atoms with Crippen LogP contribution in [0.2, 0.25) is 0 Å². The van der Waals surface area contributed by atoms with Crippen molar-refractivity contribution in [3.05, 3.63) is 0 Å². The van der Waals surface area contributed by atoms with E-state index >= 15 is 0 Å². The third-order valence-corrected chi connectivity index (χ3v) is 3.38. The van der Waals surface area contributed by atoms with Crippen molar-refractivity contribution in [2.24, 2.45) is 0 Å². The molecule has 0 aliphatic heterocycles. The Morgan fingerprint density at radius 3 is 1.75 bits per heavy atom. The summed E-state index contributed by atoms with van der Waals surface area (Å²) in [6.45, 7) is 4.14. The van der Waals surface area contributed by atoms with Gasteiger partial charge in [-0.25, -0.2) is 0 Å². The van der Waals surface area contributed by atoms with Crippen LogP contribution in [0.3, 0.4) is 0 Å². The molecule has 0 amide bonds. The first-order valence-corrected chi connectivity index (χ1v) is 8.17. The molecule has 0 spiro atoms. The fourth-order valence-corrected chi connectivity index (χ4v) is 2.10. The average Bonchev–Trinajstić information content (AvgIpc) is 2.31. The van der Waals surface area contributed by atoms with Gasteiger partial charge in [-0.3, -0.25) is 0 Å². The Morgan fingerprint density at radius 2 is 1.19 bits per heavy atom. The van der Waals surface area contributed by atoms with Crippen LogP contribution in [0.15, 0.2) is 0 Å². The summed E-state index contributed by atoms with van der Waals surface area (Å²) in [4.78, 5) is 0. The highest BCUT2D eigenvalue weighted by atomic mass is 79.9. The van der Waals surface area contributed by atoms with Gasteiger partial charge in [0, 0.05) is 18.5 Å². The Balaban J connectivity index is 2.83. The Bertz CT molecular complexity index is 103. The lowest BCUT2D eigenvalue weighted by atomic mass is 10.1. The first-order valence-electron chi connectivity index (χ1n) is 7.05. The van der Waals surface area contributed by atoms with Gasteiger partial charge in [0.1, 0.15) is 0 Å². The second-order valence-corrected chi connectivity index (χ2v) is 5.28. The molecule has 0 bridgehead atoms. The normalized spacial score (nSPS) is 10.9. The molecular formula is C14H29BrO. The van der Waals surface area contributed by atoms with Gasteiger partial charge in [0.05, 0.1) is 0 Å². The Labute approximate surface area is 110 Å². The zero-order valence-electron chi connectivity index (χ0n) is 11.0. The minimum Gasteiger partial charge on any atom is -0.381 e. The highest BCUT2D eigenvalue weighted by Crippen LogP contribution is 2.09. The summed E-state index contributed by atoms with van der Waals surface area (Å²) in [6, 6.07) is 0. The summed E-state index contributed by atoms with van der Waals surface area (Å²) in [5, 5.41) is 1.17. The Kier molecular flexibility index (Phi) is 15.9. The van der Waals surface area contributed by atoms with Crippen LogP contribution < -0.4 is 0 Å². The lowest BCUT2D eigenvalue weighted by Crippen LogP contribution is -1.96. The Hall–Kier alpha value is 0.440. The van der Waals surface area contributed by atoms with E-state index in [2.05, 4.69) is 22.9 Å². The fourth-order valence-electron chi connectivity index (χ4n) is 1.71. The third-order valence-electron chi connectivity index (χ3n) is 2.81. The molecule has 0 aliphatic carbocycles. The number of alkyl halides is 1. The van der Waals surface area contributed by atoms with Crippen molar-refractivity contribution in [3.63, 3.8) is 0 Å². The summed E-state index contributed by atoms with van der Waals surface area (Å²) in [5.41, 5.74) is 0. The highest BCUT2D eigenvalue weighted by Gasteiger charge is 1.92. The fraction of sp³-hybridized carbons (Fsp3) is 1.00. The first kappa shape index (κ1) is 16.4. The van der Waals surface area contributed by atoms with Gasteiger partial charge < -0.3 is 4.74 Å². The van der Waals surface area contributed by atoms with E-state index in [4.69, 9.17) is 4.74 Å². The predicted molar refractivity (Wildman–Crippen MR) is 76.5 cm³/mol. The van der Waals surface area contributed by atoms with E-state index in [-0.39, 0.29) is 0 Å². The molecule has 0 heterocycles. The summed E-state index contributed by atoms with van der Waals surface area (Å²) < 4.78 is 5.53. The van der Waals surface area contributed by atoms with Crippen molar-refractivity contribution in [1.82, 2.24) is 0 Å². The van der Waals surface area contributed by atoms with Gasteiger partial charge in [-0.2, -0.15) is 0 Å². The molecule has 98 valence electrons. The quantitative estimate of drug-likeness (QED) is 0.330. The molecule has 16 heavy (non-hydrogen) atoms. The van der Waals surface area contributed by atoms with E-state index < -0.39 is 0 Å². The van der Waals surface area contributed by atoms with E-state index in [1.807, 2.05) is 0 Å². The minimum absolute atomic E-state index is 0.961.